The van der Waals surface area contributed by atoms with Crippen LogP contribution in [-0.2, 0) is 0 Å². The minimum atomic E-state index is 0.368. The first-order chi connectivity index (χ1) is 14.9. The van der Waals surface area contributed by atoms with Crippen molar-refractivity contribution in [2.45, 2.75) is 34.1 Å². The second kappa shape index (κ2) is 13.1. The van der Waals surface area contributed by atoms with Crippen LogP contribution in [0, 0.1) is 0 Å². The van der Waals surface area contributed by atoms with E-state index in [2.05, 4.69) is 29.5 Å². The van der Waals surface area contributed by atoms with Crippen LogP contribution in [0.3, 0.4) is 0 Å². The van der Waals surface area contributed by atoms with Gasteiger partial charge in [-0.1, -0.05) is 57.3 Å². The number of fused-ring (bicyclic) bond motifs is 1. The van der Waals surface area contributed by atoms with Crippen molar-refractivity contribution in [2.24, 2.45) is 0 Å². The molecule has 0 spiro atoms. The highest BCUT2D eigenvalue weighted by atomic mass is 35.5. The van der Waals surface area contributed by atoms with Crippen molar-refractivity contribution in [1.82, 2.24) is 9.97 Å². The molecule has 0 aliphatic heterocycles. The Kier molecular flexibility index (Phi) is 11.2. The molecule has 3 aromatic rings. The number of hydrogen-bond acceptors (Lipinski definition) is 6. The number of ether oxygens (including phenoxy) is 2. The lowest BCUT2D eigenvalue weighted by atomic mass is 10.1. The maximum Gasteiger partial charge on any atom is 0.141 e. The molecule has 2 heterocycles. The van der Waals surface area contributed by atoms with E-state index < -0.39 is 0 Å². The van der Waals surface area contributed by atoms with Crippen LogP contribution in [0.15, 0.2) is 24.4 Å². The topological polar surface area (TPSA) is 68.3 Å². The van der Waals surface area contributed by atoms with Gasteiger partial charge in [0.2, 0.25) is 0 Å². The highest BCUT2D eigenvalue weighted by molar-refractivity contribution is 6.41. The van der Waals surface area contributed by atoms with E-state index in [4.69, 9.17) is 37.7 Å². The number of pyridine rings is 2. The summed E-state index contributed by atoms with van der Waals surface area (Å²) in [6.45, 7) is 8.25. The Hall–Kier alpha value is -2.44. The quantitative estimate of drug-likeness (QED) is 0.415. The molecule has 1 aromatic carbocycles. The van der Waals surface area contributed by atoms with Crippen LogP contribution < -0.4 is 20.1 Å². The van der Waals surface area contributed by atoms with Crippen molar-refractivity contribution >= 4 is 45.6 Å². The number of halogens is 2. The molecule has 0 fully saturated rings. The zero-order chi connectivity index (χ0) is 23.6. The fraction of sp³-hybridized carbons (Fsp3) is 0.391. The van der Waals surface area contributed by atoms with Crippen LogP contribution in [-0.4, -0.2) is 38.3 Å². The van der Waals surface area contributed by atoms with Gasteiger partial charge in [0, 0.05) is 42.7 Å². The minimum absolute atomic E-state index is 0.368. The van der Waals surface area contributed by atoms with Crippen molar-refractivity contribution in [3.63, 3.8) is 0 Å². The zero-order valence-electron chi connectivity index (χ0n) is 19.5. The Labute approximate surface area is 195 Å². The number of benzene rings is 1. The Morgan fingerprint density at radius 2 is 1.45 bits per heavy atom. The monoisotopic (exact) mass is 466 g/mol. The van der Waals surface area contributed by atoms with Crippen molar-refractivity contribution in [2.75, 3.05) is 38.9 Å². The van der Waals surface area contributed by atoms with Crippen molar-refractivity contribution in [3.05, 3.63) is 34.4 Å². The second-order valence-corrected chi connectivity index (χ2v) is 6.89. The van der Waals surface area contributed by atoms with Gasteiger partial charge in [0.05, 0.1) is 30.0 Å². The predicted molar refractivity (Wildman–Crippen MR) is 135 cm³/mol. The average Bonchev–Trinajstić information content (AvgIpc) is 2.80. The third kappa shape index (κ3) is 6.05. The molecule has 0 unspecified atom stereocenters. The van der Waals surface area contributed by atoms with Gasteiger partial charge in [0.25, 0.3) is 0 Å². The van der Waals surface area contributed by atoms with Gasteiger partial charge in [-0.15, -0.1) is 0 Å². The molecule has 170 valence electrons. The molecule has 2 aromatic heterocycles. The minimum Gasteiger partial charge on any atom is -0.495 e. The Balaban J connectivity index is 0.000000884. The number of methoxy groups -OCH3 is 2. The number of nitrogens with zero attached hydrogens (tertiary/aromatic N) is 2. The summed E-state index contributed by atoms with van der Waals surface area (Å²) in [6, 6.07) is 5.46. The molecule has 0 bridgehead atoms. The molecule has 0 amide bonds. The van der Waals surface area contributed by atoms with Gasteiger partial charge in [0.1, 0.15) is 23.1 Å². The van der Waals surface area contributed by atoms with Crippen LogP contribution in [0.2, 0.25) is 10.0 Å². The number of aromatic nitrogens is 2. The Morgan fingerprint density at radius 3 is 1.90 bits per heavy atom. The molecule has 0 aliphatic rings. The predicted octanol–water partition coefficient (Wildman–Crippen LogP) is 7.15. The van der Waals surface area contributed by atoms with Gasteiger partial charge >= 0.3 is 0 Å². The van der Waals surface area contributed by atoms with Crippen molar-refractivity contribution in [1.29, 1.82) is 0 Å². The fourth-order valence-corrected chi connectivity index (χ4v) is 3.41. The molecular formula is C23H32Cl2N4O2. The normalized spacial score (nSPS) is 9.74. The molecular weight excluding hydrogens is 435 g/mol. The number of nitrogens with one attached hydrogen (secondary N) is 2. The van der Waals surface area contributed by atoms with Gasteiger partial charge in [-0.2, -0.15) is 0 Å². The third-order valence-corrected chi connectivity index (χ3v) is 4.79. The number of hydrogen-bond donors (Lipinski definition) is 2. The summed E-state index contributed by atoms with van der Waals surface area (Å²) in [5.74, 6) is 2.35. The first-order valence-electron chi connectivity index (χ1n) is 10.2. The highest BCUT2D eigenvalue weighted by Gasteiger charge is 2.21. The average molecular weight is 467 g/mol. The van der Waals surface area contributed by atoms with Gasteiger partial charge in [-0.3, -0.25) is 0 Å². The standard InChI is InChI=1S/C18H18Cl2N4O2.C3H8.C2H6/c1-21-14-6-10-9(8-23-14)5-11(24-18(10)22-2)15-16(19)12(25-3)7-13(26-4)17(15)20;1-3-2;1-2/h5-8H,1-4H3,(H,21,23)(H,22,24);3H2,1-2H3;1-2H3. The molecule has 2 N–H and O–H groups in total. The largest absolute Gasteiger partial charge is 0.495 e. The van der Waals surface area contributed by atoms with Crippen LogP contribution in [0.4, 0.5) is 11.6 Å². The molecule has 0 radical (unpaired) electrons. The van der Waals surface area contributed by atoms with E-state index in [0.29, 0.717) is 38.6 Å². The van der Waals surface area contributed by atoms with E-state index in [0.717, 1.165) is 16.6 Å². The number of rotatable bonds is 5. The van der Waals surface area contributed by atoms with E-state index >= 15 is 0 Å². The van der Waals surface area contributed by atoms with E-state index in [9.17, 15) is 0 Å². The fourth-order valence-electron chi connectivity index (χ4n) is 2.71. The summed E-state index contributed by atoms with van der Waals surface area (Å²) in [7, 11) is 6.69. The van der Waals surface area contributed by atoms with Gasteiger partial charge < -0.3 is 20.1 Å². The first-order valence-corrected chi connectivity index (χ1v) is 11.0. The third-order valence-electron chi connectivity index (χ3n) is 4.04. The van der Waals surface area contributed by atoms with E-state index in [1.54, 1.807) is 19.3 Å². The lowest BCUT2D eigenvalue weighted by molar-refractivity contribution is 0.395. The maximum absolute atomic E-state index is 6.52. The lowest BCUT2D eigenvalue weighted by Crippen LogP contribution is -2.00. The summed E-state index contributed by atoms with van der Waals surface area (Å²) < 4.78 is 10.7. The van der Waals surface area contributed by atoms with Gasteiger partial charge in [0.15, 0.2) is 0 Å². The SMILES string of the molecule is CC.CCC.CNc1cc2c(NC)nc(-c3c(Cl)c(OC)cc(OC)c3Cl)cc2cn1. The van der Waals surface area contributed by atoms with E-state index in [-0.39, 0.29) is 0 Å². The summed E-state index contributed by atoms with van der Waals surface area (Å²) in [5.41, 5.74) is 1.13. The molecule has 0 saturated carbocycles. The number of anilines is 2. The molecule has 6 nitrogen and oxygen atoms in total. The van der Waals surface area contributed by atoms with Crippen molar-refractivity contribution in [3.8, 4) is 22.8 Å². The molecule has 0 saturated heterocycles. The molecule has 8 heteroatoms. The second-order valence-electron chi connectivity index (χ2n) is 6.14. The summed E-state index contributed by atoms with van der Waals surface area (Å²) in [4.78, 5) is 9.06. The molecule has 31 heavy (non-hydrogen) atoms. The summed E-state index contributed by atoms with van der Waals surface area (Å²) in [6.07, 6.45) is 3.02. The first kappa shape index (κ1) is 26.6. The summed E-state index contributed by atoms with van der Waals surface area (Å²) in [5, 5.41) is 8.69. The van der Waals surface area contributed by atoms with E-state index in [1.165, 1.54) is 20.6 Å². The lowest BCUT2D eigenvalue weighted by Gasteiger charge is -2.16. The van der Waals surface area contributed by atoms with Gasteiger partial charge in [-0.05, 0) is 12.1 Å². The highest BCUT2D eigenvalue weighted by Crippen LogP contribution is 2.46. The Morgan fingerprint density at radius 1 is 0.903 bits per heavy atom. The molecule has 0 aliphatic carbocycles. The van der Waals surface area contributed by atoms with Crippen LogP contribution in [0.5, 0.6) is 11.5 Å². The van der Waals surface area contributed by atoms with Gasteiger partial charge in [-0.25, -0.2) is 9.97 Å². The summed E-state index contributed by atoms with van der Waals surface area (Å²) >= 11 is 13.0. The van der Waals surface area contributed by atoms with Crippen LogP contribution in [0.25, 0.3) is 22.0 Å². The smallest absolute Gasteiger partial charge is 0.141 e. The molecule has 0 atom stereocenters. The van der Waals surface area contributed by atoms with Crippen molar-refractivity contribution < 1.29 is 9.47 Å². The Bertz CT molecular complexity index is 969. The van der Waals surface area contributed by atoms with Crippen LogP contribution in [0.1, 0.15) is 34.1 Å². The van der Waals surface area contributed by atoms with E-state index in [1.807, 2.05) is 33.0 Å². The maximum atomic E-state index is 6.52. The zero-order valence-corrected chi connectivity index (χ0v) is 21.0. The van der Waals surface area contributed by atoms with Crippen LogP contribution >= 0.6 is 23.2 Å². The molecule has 3 rings (SSSR count).